The second-order valence-corrected chi connectivity index (χ2v) is 8.33. The van der Waals surface area contributed by atoms with Gasteiger partial charge < -0.3 is 15.5 Å². The van der Waals surface area contributed by atoms with Crippen LogP contribution in [0.4, 0.5) is 20.6 Å². The zero-order valence-electron chi connectivity index (χ0n) is 18.3. The Kier molecular flexibility index (Phi) is 5.86. The molecular weight excluding hydrogens is 411 g/mol. The molecule has 0 spiro atoms. The Morgan fingerprint density at radius 2 is 1.81 bits per heavy atom. The number of nitrogens with zero attached hydrogens (tertiary/aromatic N) is 2. The summed E-state index contributed by atoms with van der Waals surface area (Å²) in [6, 6.07) is 10.7. The molecule has 1 atom stereocenters. The first-order valence-corrected chi connectivity index (χ1v) is 10.9. The van der Waals surface area contributed by atoms with Crippen LogP contribution < -0.4 is 15.5 Å². The fourth-order valence-electron chi connectivity index (χ4n) is 4.44. The van der Waals surface area contributed by atoms with E-state index in [0.29, 0.717) is 11.3 Å². The Morgan fingerprint density at radius 3 is 2.44 bits per heavy atom. The summed E-state index contributed by atoms with van der Waals surface area (Å²) in [6.07, 6.45) is 2.64. The van der Waals surface area contributed by atoms with Gasteiger partial charge in [-0.25, -0.2) is 9.18 Å². The Hall–Kier alpha value is -3.42. The molecule has 2 N–H and O–H groups in total. The van der Waals surface area contributed by atoms with Gasteiger partial charge in [0.2, 0.25) is 5.91 Å². The zero-order valence-corrected chi connectivity index (χ0v) is 18.3. The van der Waals surface area contributed by atoms with Gasteiger partial charge in [0, 0.05) is 24.5 Å². The Balaban J connectivity index is 1.47. The van der Waals surface area contributed by atoms with Gasteiger partial charge in [-0.15, -0.1) is 0 Å². The number of anilines is 2. The van der Waals surface area contributed by atoms with E-state index in [9.17, 15) is 18.8 Å². The number of carbonyl (C=O) groups excluding carboxylic acids is 3. The van der Waals surface area contributed by atoms with Gasteiger partial charge >= 0.3 is 6.03 Å². The van der Waals surface area contributed by atoms with Gasteiger partial charge in [-0.1, -0.05) is 19.1 Å². The van der Waals surface area contributed by atoms with Crippen LogP contribution in [0.2, 0.25) is 0 Å². The summed E-state index contributed by atoms with van der Waals surface area (Å²) < 4.78 is 13.3. The summed E-state index contributed by atoms with van der Waals surface area (Å²) in [6.45, 7) is 5.34. The molecule has 2 heterocycles. The lowest BCUT2D eigenvalue weighted by atomic mass is 9.87. The van der Waals surface area contributed by atoms with Crippen molar-refractivity contribution >= 4 is 29.2 Å². The Bertz CT molecular complexity index is 1050. The smallest absolute Gasteiger partial charge is 0.325 e. The Morgan fingerprint density at radius 1 is 1.12 bits per heavy atom. The number of carbonyl (C=O) groups is 3. The highest BCUT2D eigenvalue weighted by atomic mass is 19.1. The van der Waals surface area contributed by atoms with E-state index in [2.05, 4.69) is 15.5 Å². The number of hydrogen-bond acceptors (Lipinski definition) is 4. The molecule has 0 radical (unpaired) electrons. The minimum absolute atomic E-state index is 0.276. The predicted molar refractivity (Wildman–Crippen MR) is 120 cm³/mol. The average molecular weight is 439 g/mol. The third-order valence-electron chi connectivity index (χ3n) is 6.30. The van der Waals surface area contributed by atoms with Gasteiger partial charge in [-0.05, 0) is 67.6 Å². The lowest BCUT2D eigenvalue weighted by Gasteiger charge is -2.25. The molecule has 168 valence electrons. The van der Waals surface area contributed by atoms with Crippen molar-refractivity contribution in [1.29, 1.82) is 0 Å². The molecular formula is C24H27FN4O3. The molecule has 0 bridgehead atoms. The van der Waals surface area contributed by atoms with Crippen molar-refractivity contribution in [3.63, 3.8) is 0 Å². The Labute approximate surface area is 186 Å². The molecule has 0 aromatic heterocycles. The summed E-state index contributed by atoms with van der Waals surface area (Å²) in [5.74, 6) is -1.41. The third kappa shape index (κ3) is 3.92. The molecule has 4 rings (SSSR count). The number of nitrogens with one attached hydrogen (secondary N) is 2. The van der Waals surface area contributed by atoms with Crippen molar-refractivity contribution in [3.05, 3.63) is 59.4 Å². The maximum Gasteiger partial charge on any atom is 0.325 e. The van der Waals surface area contributed by atoms with Gasteiger partial charge in [0.25, 0.3) is 5.91 Å². The first kappa shape index (κ1) is 21.8. The lowest BCUT2D eigenvalue weighted by molar-refractivity contribution is -0.134. The molecule has 4 amide bonds. The molecule has 7 nitrogen and oxygen atoms in total. The van der Waals surface area contributed by atoms with E-state index in [4.69, 9.17) is 0 Å². The minimum Gasteiger partial charge on any atom is -0.372 e. The number of halogens is 1. The molecule has 0 saturated carbocycles. The molecule has 0 aliphatic carbocycles. The molecule has 32 heavy (non-hydrogen) atoms. The van der Waals surface area contributed by atoms with Gasteiger partial charge in [-0.3, -0.25) is 14.5 Å². The average Bonchev–Trinajstić information content (AvgIpc) is 3.39. The molecule has 2 aliphatic rings. The van der Waals surface area contributed by atoms with Crippen molar-refractivity contribution in [2.75, 3.05) is 29.9 Å². The monoisotopic (exact) mass is 438 g/mol. The standard InChI is InChI=1S/C24H27FN4O3/c1-3-24(17-6-8-18(25)9-7-17)22(31)29(23(32)27-24)15-21(30)26-20-11-10-19(14-16(20)2)28-12-4-5-13-28/h6-11,14H,3-5,12-13,15H2,1-2H3,(H,26,30)(H,27,32). The van der Waals surface area contributed by atoms with E-state index in [1.165, 1.54) is 37.1 Å². The maximum absolute atomic E-state index is 13.3. The first-order chi connectivity index (χ1) is 15.3. The number of amides is 4. The van der Waals surface area contributed by atoms with Crippen molar-refractivity contribution in [2.45, 2.75) is 38.6 Å². The number of aryl methyl sites for hydroxylation is 1. The van der Waals surface area contributed by atoms with Crippen LogP contribution in [-0.2, 0) is 15.1 Å². The summed E-state index contributed by atoms with van der Waals surface area (Å²) in [4.78, 5) is 41.7. The summed E-state index contributed by atoms with van der Waals surface area (Å²) in [7, 11) is 0. The topological polar surface area (TPSA) is 81.8 Å². The zero-order chi connectivity index (χ0) is 22.9. The van der Waals surface area contributed by atoms with Crippen molar-refractivity contribution in [3.8, 4) is 0 Å². The molecule has 2 aromatic carbocycles. The number of rotatable bonds is 6. The molecule has 2 aromatic rings. The maximum atomic E-state index is 13.3. The van der Waals surface area contributed by atoms with E-state index < -0.39 is 35.7 Å². The third-order valence-corrected chi connectivity index (χ3v) is 6.30. The van der Waals surface area contributed by atoms with E-state index >= 15 is 0 Å². The molecule has 8 heteroatoms. The van der Waals surface area contributed by atoms with Crippen molar-refractivity contribution < 1.29 is 18.8 Å². The highest BCUT2D eigenvalue weighted by molar-refractivity contribution is 6.10. The minimum atomic E-state index is -1.31. The van der Waals surface area contributed by atoms with Gasteiger partial charge in [0.1, 0.15) is 17.9 Å². The van der Waals surface area contributed by atoms with Gasteiger partial charge in [0.15, 0.2) is 0 Å². The van der Waals surface area contributed by atoms with Crippen LogP contribution in [0.3, 0.4) is 0 Å². The van der Waals surface area contributed by atoms with Crippen LogP contribution in [0.15, 0.2) is 42.5 Å². The molecule has 2 fully saturated rings. The van der Waals surface area contributed by atoms with Crippen LogP contribution in [-0.4, -0.2) is 42.4 Å². The van der Waals surface area contributed by atoms with Crippen molar-refractivity contribution in [2.24, 2.45) is 0 Å². The van der Waals surface area contributed by atoms with Crippen molar-refractivity contribution in [1.82, 2.24) is 10.2 Å². The van der Waals surface area contributed by atoms with Crippen LogP contribution in [0.5, 0.6) is 0 Å². The molecule has 2 aliphatic heterocycles. The lowest BCUT2D eigenvalue weighted by Crippen LogP contribution is -2.44. The normalized spacial score (nSPS) is 20.6. The number of benzene rings is 2. The van der Waals surface area contributed by atoms with Crippen LogP contribution in [0.1, 0.15) is 37.3 Å². The quantitative estimate of drug-likeness (QED) is 0.676. The van der Waals surface area contributed by atoms with E-state index in [0.717, 1.165) is 29.2 Å². The number of hydrogen-bond donors (Lipinski definition) is 2. The van der Waals surface area contributed by atoms with Crippen LogP contribution in [0.25, 0.3) is 0 Å². The highest BCUT2D eigenvalue weighted by Gasteiger charge is 2.51. The predicted octanol–water partition coefficient (Wildman–Crippen LogP) is 3.53. The van der Waals surface area contributed by atoms with Gasteiger partial charge in [0.05, 0.1) is 0 Å². The summed E-state index contributed by atoms with van der Waals surface area (Å²) in [5.41, 5.74) is 1.85. The van der Waals surface area contributed by atoms with Crippen LogP contribution in [0, 0.1) is 12.7 Å². The summed E-state index contributed by atoms with van der Waals surface area (Å²) in [5, 5.41) is 5.51. The van der Waals surface area contributed by atoms with E-state index in [1.807, 2.05) is 25.1 Å². The molecule has 2 saturated heterocycles. The van der Waals surface area contributed by atoms with Gasteiger partial charge in [-0.2, -0.15) is 0 Å². The van der Waals surface area contributed by atoms with Crippen LogP contribution >= 0.6 is 0 Å². The fraction of sp³-hybridized carbons (Fsp3) is 0.375. The first-order valence-electron chi connectivity index (χ1n) is 10.9. The summed E-state index contributed by atoms with van der Waals surface area (Å²) >= 11 is 0. The number of imide groups is 1. The fourth-order valence-corrected chi connectivity index (χ4v) is 4.44. The highest BCUT2D eigenvalue weighted by Crippen LogP contribution is 2.32. The second-order valence-electron chi connectivity index (χ2n) is 8.33. The SMILES string of the molecule is CCC1(c2ccc(F)cc2)NC(=O)N(CC(=O)Nc2ccc(N3CCCC3)cc2C)C1=O. The largest absolute Gasteiger partial charge is 0.372 e. The number of urea groups is 1. The van der Waals surface area contributed by atoms with E-state index in [-0.39, 0.29) is 6.42 Å². The second kappa shape index (κ2) is 8.61. The van der Waals surface area contributed by atoms with E-state index in [1.54, 1.807) is 6.92 Å². The molecule has 1 unspecified atom stereocenters.